The second kappa shape index (κ2) is 10.5. The summed E-state index contributed by atoms with van der Waals surface area (Å²) in [6.07, 6.45) is 1.48. The number of carbonyl (C=O) groups excluding carboxylic acids is 1. The van der Waals surface area contributed by atoms with Gasteiger partial charge in [-0.3, -0.25) is 9.69 Å². The standard InChI is InChI=1S/C26H32ClN3O4/c27-21-6-3-18(4-7-21)14-30-15-20(16-30)26(32)28-22(17-29-9-1-2-10-29)25(31)19-5-8-23-24(13-19)34-12-11-33-23/h3-8,13,20,22,25,31H,1-2,9-12,14-17H2,(H,28,32)/t22-,25-/m1/s1. The Kier molecular flexibility index (Phi) is 7.25. The van der Waals surface area contributed by atoms with Gasteiger partial charge in [0.2, 0.25) is 5.91 Å². The third-order valence-corrected chi connectivity index (χ3v) is 7.17. The molecular formula is C26H32ClN3O4. The Morgan fingerprint density at radius 3 is 2.47 bits per heavy atom. The molecule has 3 aliphatic rings. The van der Waals surface area contributed by atoms with Crippen LogP contribution >= 0.6 is 11.6 Å². The minimum atomic E-state index is -0.828. The van der Waals surface area contributed by atoms with Crippen LogP contribution in [0.2, 0.25) is 5.02 Å². The number of carbonyl (C=O) groups is 1. The number of hydrogen-bond acceptors (Lipinski definition) is 6. The van der Waals surface area contributed by atoms with Gasteiger partial charge in [-0.05, 0) is 61.3 Å². The highest BCUT2D eigenvalue weighted by molar-refractivity contribution is 6.30. The maximum atomic E-state index is 13.1. The zero-order valence-corrected chi connectivity index (χ0v) is 20.0. The lowest BCUT2D eigenvalue weighted by Gasteiger charge is -2.39. The van der Waals surface area contributed by atoms with Crippen molar-refractivity contribution >= 4 is 17.5 Å². The van der Waals surface area contributed by atoms with E-state index in [1.807, 2.05) is 42.5 Å². The van der Waals surface area contributed by atoms with Crippen LogP contribution in [0.1, 0.15) is 30.1 Å². The first-order valence-corrected chi connectivity index (χ1v) is 12.5. The number of aliphatic hydroxyl groups is 1. The van der Waals surface area contributed by atoms with E-state index < -0.39 is 12.1 Å². The third-order valence-electron chi connectivity index (χ3n) is 6.92. The van der Waals surface area contributed by atoms with Gasteiger partial charge in [-0.25, -0.2) is 0 Å². The van der Waals surface area contributed by atoms with Crippen molar-refractivity contribution in [1.29, 1.82) is 0 Å². The third kappa shape index (κ3) is 5.49. The van der Waals surface area contributed by atoms with Crippen LogP contribution in [0.25, 0.3) is 0 Å². The zero-order valence-electron chi connectivity index (χ0n) is 19.3. The predicted octanol–water partition coefficient (Wildman–Crippen LogP) is 2.86. The van der Waals surface area contributed by atoms with Gasteiger partial charge in [-0.15, -0.1) is 0 Å². The topological polar surface area (TPSA) is 74.3 Å². The normalized spacial score (nSPS) is 20.5. The van der Waals surface area contributed by atoms with E-state index in [1.54, 1.807) is 0 Å². The molecule has 0 aliphatic carbocycles. The molecule has 2 N–H and O–H groups in total. The summed E-state index contributed by atoms with van der Waals surface area (Å²) in [5, 5.41) is 15.2. The average Bonchev–Trinajstić information content (AvgIpc) is 3.34. The van der Waals surface area contributed by atoms with Crippen LogP contribution < -0.4 is 14.8 Å². The minimum absolute atomic E-state index is 0.00754. The average molecular weight is 486 g/mol. The molecule has 3 heterocycles. The van der Waals surface area contributed by atoms with Gasteiger partial charge in [0.25, 0.3) is 0 Å². The van der Waals surface area contributed by atoms with E-state index in [0.717, 1.165) is 43.1 Å². The molecule has 5 rings (SSSR count). The van der Waals surface area contributed by atoms with Crippen LogP contribution in [-0.2, 0) is 11.3 Å². The summed E-state index contributed by atoms with van der Waals surface area (Å²) >= 11 is 5.97. The number of ether oxygens (including phenoxy) is 2. The SMILES string of the molecule is O=C(N[C@H](CN1CCCC1)[C@H](O)c1ccc2c(c1)OCCO2)C1CN(Cc2ccc(Cl)cc2)C1. The number of likely N-dealkylation sites (tertiary alicyclic amines) is 2. The Hall–Kier alpha value is -2.32. The molecule has 0 bridgehead atoms. The predicted molar refractivity (Wildman–Crippen MR) is 130 cm³/mol. The van der Waals surface area contributed by atoms with Crippen LogP contribution in [-0.4, -0.2) is 72.8 Å². The second-order valence-corrected chi connectivity index (χ2v) is 9.92. The van der Waals surface area contributed by atoms with E-state index in [-0.39, 0.29) is 11.8 Å². The van der Waals surface area contributed by atoms with Gasteiger partial charge in [0.1, 0.15) is 19.3 Å². The number of hydrogen-bond donors (Lipinski definition) is 2. The van der Waals surface area contributed by atoms with Crippen LogP contribution in [0, 0.1) is 5.92 Å². The fourth-order valence-electron chi connectivity index (χ4n) is 4.96. The Bertz CT molecular complexity index is 990. The van der Waals surface area contributed by atoms with Gasteiger partial charge < -0.3 is 24.8 Å². The van der Waals surface area contributed by atoms with E-state index in [1.165, 1.54) is 5.56 Å². The molecule has 1 amide bonds. The van der Waals surface area contributed by atoms with Crippen LogP contribution in [0.4, 0.5) is 0 Å². The minimum Gasteiger partial charge on any atom is -0.486 e. The number of fused-ring (bicyclic) bond motifs is 1. The van der Waals surface area contributed by atoms with Gasteiger partial charge >= 0.3 is 0 Å². The quantitative estimate of drug-likeness (QED) is 0.599. The zero-order chi connectivity index (χ0) is 23.5. The molecule has 3 aliphatic heterocycles. The van der Waals surface area contributed by atoms with Gasteiger partial charge in [0.15, 0.2) is 11.5 Å². The second-order valence-electron chi connectivity index (χ2n) is 9.49. The molecule has 2 aromatic carbocycles. The number of nitrogens with one attached hydrogen (secondary N) is 1. The molecule has 34 heavy (non-hydrogen) atoms. The van der Waals surface area contributed by atoms with Crippen molar-refractivity contribution in [3.8, 4) is 11.5 Å². The Balaban J connectivity index is 1.21. The Morgan fingerprint density at radius 2 is 1.74 bits per heavy atom. The van der Waals surface area contributed by atoms with Crippen molar-refractivity contribution in [2.45, 2.75) is 31.5 Å². The first kappa shape index (κ1) is 23.4. The largest absolute Gasteiger partial charge is 0.486 e. The molecule has 2 atom stereocenters. The number of nitrogens with zero attached hydrogens (tertiary/aromatic N) is 2. The maximum Gasteiger partial charge on any atom is 0.226 e. The molecule has 0 aromatic heterocycles. The lowest BCUT2D eigenvalue weighted by Crippen LogP contribution is -2.56. The molecule has 2 fully saturated rings. The highest BCUT2D eigenvalue weighted by Gasteiger charge is 2.35. The van der Waals surface area contributed by atoms with Crippen molar-refractivity contribution in [2.75, 3.05) is 45.9 Å². The van der Waals surface area contributed by atoms with Crippen molar-refractivity contribution in [3.63, 3.8) is 0 Å². The molecule has 2 saturated heterocycles. The number of halogens is 1. The van der Waals surface area contributed by atoms with Crippen molar-refractivity contribution in [1.82, 2.24) is 15.1 Å². The van der Waals surface area contributed by atoms with Gasteiger partial charge in [-0.1, -0.05) is 29.8 Å². The number of benzene rings is 2. The summed E-state index contributed by atoms with van der Waals surface area (Å²) < 4.78 is 11.3. The maximum absolute atomic E-state index is 13.1. The fraction of sp³-hybridized carbons (Fsp3) is 0.500. The summed E-state index contributed by atoms with van der Waals surface area (Å²) in [6, 6.07) is 13.0. The van der Waals surface area contributed by atoms with E-state index in [4.69, 9.17) is 21.1 Å². The van der Waals surface area contributed by atoms with Crippen molar-refractivity contribution < 1.29 is 19.4 Å². The smallest absolute Gasteiger partial charge is 0.226 e. The summed E-state index contributed by atoms with van der Waals surface area (Å²) in [7, 11) is 0. The van der Waals surface area contributed by atoms with Gasteiger partial charge in [0, 0.05) is 31.2 Å². The first-order chi connectivity index (χ1) is 16.5. The summed E-state index contributed by atoms with van der Waals surface area (Å²) in [5.74, 6) is 1.28. The van der Waals surface area contributed by atoms with E-state index in [0.29, 0.717) is 44.3 Å². The molecule has 2 aromatic rings. The summed E-state index contributed by atoms with van der Waals surface area (Å²) in [6.45, 7) is 5.88. The first-order valence-electron chi connectivity index (χ1n) is 12.1. The fourth-order valence-corrected chi connectivity index (χ4v) is 5.08. The van der Waals surface area contributed by atoms with Crippen molar-refractivity contribution in [3.05, 3.63) is 58.6 Å². The molecule has 0 saturated carbocycles. The van der Waals surface area contributed by atoms with Crippen LogP contribution in [0.5, 0.6) is 11.5 Å². The summed E-state index contributed by atoms with van der Waals surface area (Å²) in [5.41, 5.74) is 1.91. The lowest BCUT2D eigenvalue weighted by atomic mass is 9.96. The highest BCUT2D eigenvalue weighted by Crippen LogP contribution is 2.34. The number of aliphatic hydroxyl groups excluding tert-OH is 1. The number of rotatable bonds is 8. The summed E-state index contributed by atoms with van der Waals surface area (Å²) in [4.78, 5) is 17.7. The lowest BCUT2D eigenvalue weighted by molar-refractivity contribution is -0.132. The van der Waals surface area contributed by atoms with Gasteiger partial charge in [0.05, 0.1) is 12.0 Å². The molecule has 0 radical (unpaired) electrons. The van der Waals surface area contributed by atoms with Crippen molar-refractivity contribution in [2.24, 2.45) is 5.92 Å². The number of amides is 1. The monoisotopic (exact) mass is 485 g/mol. The molecule has 0 unspecified atom stereocenters. The van der Waals surface area contributed by atoms with E-state index in [2.05, 4.69) is 15.1 Å². The molecule has 7 nitrogen and oxygen atoms in total. The van der Waals surface area contributed by atoms with Crippen LogP contribution in [0.15, 0.2) is 42.5 Å². The Morgan fingerprint density at radius 1 is 1.03 bits per heavy atom. The molecule has 8 heteroatoms. The Labute approximate surface area is 205 Å². The molecule has 182 valence electrons. The molecular weight excluding hydrogens is 454 g/mol. The van der Waals surface area contributed by atoms with Gasteiger partial charge in [-0.2, -0.15) is 0 Å². The molecule has 0 spiro atoms. The van der Waals surface area contributed by atoms with Crippen LogP contribution in [0.3, 0.4) is 0 Å². The highest BCUT2D eigenvalue weighted by atomic mass is 35.5. The van der Waals surface area contributed by atoms with E-state index >= 15 is 0 Å². The van der Waals surface area contributed by atoms with E-state index in [9.17, 15) is 9.90 Å².